The summed E-state index contributed by atoms with van der Waals surface area (Å²) < 4.78 is 33.9. The molecular formula is C49H57BF2N14O12S. The summed E-state index contributed by atoms with van der Waals surface area (Å²) in [5.74, 6) is -9.12. The second-order valence-corrected chi connectivity index (χ2v) is 20.1. The molecule has 3 aliphatic heterocycles. The second kappa shape index (κ2) is 24.7. The summed E-state index contributed by atoms with van der Waals surface area (Å²) in [6, 6.07) is 1.98. The van der Waals surface area contributed by atoms with Gasteiger partial charge in [-0.05, 0) is 75.7 Å². The van der Waals surface area contributed by atoms with Crippen molar-refractivity contribution in [2.24, 2.45) is 0 Å². The molecule has 0 spiro atoms. The molecule has 6 heterocycles. The first-order chi connectivity index (χ1) is 37.4. The van der Waals surface area contributed by atoms with E-state index in [2.05, 4.69) is 51.8 Å². The number of aromatic nitrogens is 5. The number of amides is 7. The van der Waals surface area contributed by atoms with Crippen LogP contribution in [0.25, 0.3) is 17.2 Å². The first kappa shape index (κ1) is 57.9. The van der Waals surface area contributed by atoms with Gasteiger partial charge in [-0.15, -0.1) is 11.8 Å². The lowest BCUT2D eigenvalue weighted by molar-refractivity contribution is -0.362. The van der Waals surface area contributed by atoms with Gasteiger partial charge in [0.15, 0.2) is 16.9 Å². The Labute approximate surface area is 452 Å². The van der Waals surface area contributed by atoms with Crippen molar-refractivity contribution < 1.29 is 66.5 Å². The number of carboxylic acids is 2. The number of nitrogens with two attached hydrogens (primary N) is 1. The zero-order valence-electron chi connectivity index (χ0n) is 43.1. The van der Waals surface area contributed by atoms with Crippen molar-refractivity contribution in [1.29, 1.82) is 0 Å². The number of allylic oxidation sites excluding steroid dienone is 2. The number of H-pyrrole nitrogens is 1. The highest BCUT2D eigenvalue weighted by atomic mass is 32.2. The lowest BCUT2D eigenvalue weighted by Crippen LogP contribution is -2.59. The van der Waals surface area contributed by atoms with Crippen LogP contribution in [0.15, 0.2) is 59.2 Å². The van der Waals surface area contributed by atoms with Gasteiger partial charge in [-0.1, -0.05) is 0 Å². The molecule has 79 heavy (non-hydrogen) atoms. The average molecular weight is 1110 g/mol. The zero-order chi connectivity index (χ0) is 57.5. The average Bonchev–Trinajstić information content (AvgIpc) is 4.20. The first-order valence-electron chi connectivity index (χ1n) is 24.9. The van der Waals surface area contributed by atoms with Crippen LogP contribution in [0.3, 0.4) is 0 Å². The molecule has 418 valence electrons. The maximum Gasteiger partial charge on any atom is 0.737 e. The number of nitrogen functional groups attached to an aromatic ring is 1. The van der Waals surface area contributed by atoms with Crippen LogP contribution in [0.1, 0.15) is 85.4 Å². The predicted molar refractivity (Wildman–Crippen MR) is 283 cm³/mol. The molecule has 0 bridgehead atoms. The number of nitrogens with one attached hydrogen (secondary N) is 7. The van der Waals surface area contributed by atoms with E-state index in [0.717, 1.165) is 25.6 Å². The number of imide groups is 1. The normalized spacial score (nSPS) is 16.8. The molecule has 30 heteroatoms. The van der Waals surface area contributed by atoms with Gasteiger partial charge in [0.05, 0.1) is 30.1 Å². The van der Waals surface area contributed by atoms with Crippen molar-refractivity contribution >= 4 is 107 Å². The van der Waals surface area contributed by atoms with Gasteiger partial charge in [0.25, 0.3) is 11.5 Å². The predicted octanol–water partition coefficient (Wildman–Crippen LogP) is 0.316. The van der Waals surface area contributed by atoms with E-state index in [0.29, 0.717) is 28.3 Å². The molecule has 7 amide bonds. The molecule has 26 nitrogen and oxygen atoms in total. The number of rotatable bonds is 25. The van der Waals surface area contributed by atoms with Gasteiger partial charge in [0, 0.05) is 85.7 Å². The fourth-order valence-corrected chi connectivity index (χ4v) is 10.2. The van der Waals surface area contributed by atoms with Crippen LogP contribution >= 0.6 is 11.8 Å². The van der Waals surface area contributed by atoms with E-state index in [-0.39, 0.29) is 72.9 Å². The molecule has 7 rings (SSSR count). The number of carbonyl (C=O) groups is 9. The molecule has 1 unspecified atom stereocenters. The van der Waals surface area contributed by atoms with Gasteiger partial charge in [-0.3, -0.25) is 53.0 Å². The monoisotopic (exact) mass is 1110 g/mol. The Hall–Kier alpha value is -8.83. The van der Waals surface area contributed by atoms with Crippen LogP contribution in [0.2, 0.25) is 0 Å². The van der Waals surface area contributed by atoms with E-state index in [1.165, 1.54) is 30.5 Å². The number of hydrogen-bond donors (Lipinski definition) is 10. The lowest BCUT2D eigenvalue weighted by atomic mass is 9.90. The highest BCUT2D eigenvalue weighted by Crippen LogP contribution is 2.34. The zero-order valence-corrected chi connectivity index (χ0v) is 43.9. The van der Waals surface area contributed by atoms with Crippen molar-refractivity contribution in [2.45, 2.75) is 102 Å². The molecule has 0 radical (unpaired) electrons. The van der Waals surface area contributed by atoms with E-state index in [1.807, 2.05) is 0 Å². The number of aliphatic carboxylic acids is 2. The minimum Gasteiger partial charge on any atom is -0.481 e. The van der Waals surface area contributed by atoms with E-state index < -0.39 is 120 Å². The summed E-state index contributed by atoms with van der Waals surface area (Å²) in [5, 5.41) is 34.0. The van der Waals surface area contributed by atoms with Crippen molar-refractivity contribution in [3.63, 3.8) is 0 Å². The number of carboxylic acid groups (broad SMARTS) is 2. The van der Waals surface area contributed by atoms with Crippen LogP contribution < -0.4 is 43.2 Å². The molecule has 0 saturated carbocycles. The number of nitrogens with zero attached hydrogens (tertiary/aromatic N) is 6. The van der Waals surface area contributed by atoms with Crippen LogP contribution in [0.5, 0.6) is 0 Å². The number of anilines is 2. The van der Waals surface area contributed by atoms with Gasteiger partial charge >= 0.3 is 18.9 Å². The Balaban J connectivity index is 0.957. The number of carbonyl (C=O) groups excluding carboxylic acids is 7. The van der Waals surface area contributed by atoms with Crippen molar-refractivity contribution in [1.82, 2.24) is 55.9 Å². The van der Waals surface area contributed by atoms with Gasteiger partial charge in [0.2, 0.25) is 41.4 Å². The highest BCUT2D eigenvalue weighted by molar-refractivity contribution is 8.00. The summed E-state index contributed by atoms with van der Waals surface area (Å²) in [4.78, 5) is 145. The third kappa shape index (κ3) is 13.8. The smallest absolute Gasteiger partial charge is 0.481 e. The quantitative estimate of drug-likeness (QED) is 0.0315. The maximum atomic E-state index is 16.0. The van der Waals surface area contributed by atoms with Crippen LogP contribution in [0.4, 0.5) is 20.3 Å². The van der Waals surface area contributed by atoms with Crippen molar-refractivity contribution in [2.75, 3.05) is 29.9 Å². The third-order valence-corrected chi connectivity index (χ3v) is 14.4. The minimum absolute atomic E-state index is 0.00866. The highest BCUT2D eigenvalue weighted by Gasteiger charge is 2.52. The van der Waals surface area contributed by atoms with E-state index in [4.69, 9.17) is 5.73 Å². The number of aryl methyl sites for hydroxylation is 2. The molecule has 1 saturated heterocycles. The minimum atomic E-state index is -4.35. The van der Waals surface area contributed by atoms with Gasteiger partial charge in [-0.2, -0.15) is 4.98 Å². The summed E-state index contributed by atoms with van der Waals surface area (Å²) in [6.07, 6.45) is 3.90. The second-order valence-electron chi connectivity index (χ2n) is 18.9. The molecule has 0 aliphatic carbocycles. The Morgan fingerprint density at radius 3 is 2.33 bits per heavy atom. The number of aromatic amines is 1. The van der Waals surface area contributed by atoms with E-state index in [1.54, 1.807) is 52.0 Å². The molecular weight excluding hydrogens is 1060 g/mol. The topological polar surface area (TPSA) is 375 Å². The number of halogens is 2. The van der Waals surface area contributed by atoms with E-state index in [9.17, 15) is 58.2 Å². The molecule has 1 fully saturated rings. The van der Waals surface area contributed by atoms with Crippen molar-refractivity contribution in [3.8, 4) is 0 Å². The third-order valence-electron chi connectivity index (χ3n) is 13.1. The number of hydrogen-bond acceptors (Lipinski definition) is 16. The van der Waals surface area contributed by atoms with Crippen LogP contribution in [0, 0.1) is 13.8 Å². The summed E-state index contributed by atoms with van der Waals surface area (Å²) in [5.41, 5.74) is 8.11. The number of fused-ring (bicyclic) bond motifs is 3. The SMILES string of the molecule is CCN1C(=O)CC(SC[C@H](NC(=O)[C@H](CNC(=O)CCC2=[N+]3C(=Cc4c(C)cc(C)n4[B-]3(F)F)C=C2)NC(=O)[C@H](CC(=O)O)NC(=O)CC[C@@H](C)NC(=O)c2ccc(NCc3cnc4nc(N)[nH]c(=O)c4n3)cc2)C(=O)O)C1=O. The standard InChI is InChI=1S/C49H57BF2N14O12S/c1-5-64-39(69)19-36(47(64)76)79-23-34(48(77)78)61-45(74)33(22-55-37(67)15-13-30-11-12-31-17-35-24(2)16-26(4)65(35)50(51,52)66(30)31)60-44(73)32(18-40(70)71)59-38(68)14-6-25(3)57-43(72)27-7-9-28(10-8-27)54-20-29-21-56-42-41(58-29)46(75)63-49(53)62-42/h7-12,16-17,21,25,32-34,36,54H,5-6,13-15,18-20,22-23H2,1-4H3,(H,55,67)(H,57,72)(H,59,68)(H,60,73)(H,61,74)(H,70,71)(H,77,78)(H3,53,56,62,63,75)/t25-,32+,33+,34+,36?/m1/s1. The molecule has 3 aromatic heterocycles. The number of benzene rings is 1. The maximum absolute atomic E-state index is 16.0. The number of likely N-dealkylation sites (tertiary alicyclic amines) is 1. The molecule has 4 aromatic rings. The molecule has 1 aromatic carbocycles. The van der Waals surface area contributed by atoms with Gasteiger partial charge in [0.1, 0.15) is 23.8 Å². The Morgan fingerprint density at radius 2 is 1.65 bits per heavy atom. The molecule has 11 N–H and O–H groups in total. The van der Waals surface area contributed by atoms with Crippen LogP contribution in [-0.2, 0) is 44.9 Å². The fraction of sp³-hybridized carbons (Fsp3) is 0.388. The largest absolute Gasteiger partial charge is 0.737 e. The van der Waals surface area contributed by atoms with Crippen molar-refractivity contribution in [3.05, 3.63) is 92.9 Å². The Bertz CT molecular complexity index is 3290. The molecule has 5 atom stereocenters. The summed E-state index contributed by atoms with van der Waals surface area (Å²) >= 11 is 0.804. The Kier molecular flexibility index (Phi) is 18.1. The summed E-state index contributed by atoms with van der Waals surface area (Å²) in [7, 11) is 0. The molecule has 3 aliphatic rings. The van der Waals surface area contributed by atoms with Gasteiger partial charge in [-0.25, -0.2) is 14.8 Å². The fourth-order valence-electron chi connectivity index (χ4n) is 9.06. The first-order valence-corrected chi connectivity index (χ1v) is 26.0. The lowest BCUT2D eigenvalue weighted by Gasteiger charge is -2.30. The summed E-state index contributed by atoms with van der Waals surface area (Å²) in [6.45, 7) is 1.67. The van der Waals surface area contributed by atoms with Gasteiger partial charge < -0.3 is 65.4 Å². The number of thioether (sulfide) groups is 1. The Morgan fingerprint density at radius 1 is 0.937 bits per heavy atom. The van der Waals surface area contributed by atoms with E-state index >= 15 is 8.63 Å². The van der Waals surface area contributed by atoms with Crippen LogP contribution in [-0.4, -0.2) is 158 Å².